The van der Waals surface area contributed by atoms with E-state index in [-0.39, 0.29) is 30.7 Å². The van der Waals surface area contributed by atoms with E-state index in [0.717, 1.165) is 18.9 Å². The minimum absolute atomic E-state index is 0.0204. The Morgan fingerprint density at radius 3 is 2.27 bits per heavy atom. The molecular formula is C26H36O7. The van der Waals surface area contributed by atoms with Crippen molar-refractivity contribution in [3.8, 4) is 0 Å². The van der Waals surface area contributed by atoms with E-state index in [2.05, 4.69) is 26.8 Å². The maximum Gasteiger partial charge on any atom is 0.331 e. The molecule has 0 unspecified atom stereocenters. The number of carbonyl (C=O) groups is 2. The van der Waals surface area contributed by atoms with Crippen molar-refractivity contribution >= 4 is 11.9 Å². The molecule has 2 rings (SSSR count). The molecule has 0 aromatic carbocycles. The number of aliphatic carboxylic acids is 1. The van der Waals surface area contributed by atoms with Crippen LogP contribution in [0.15, 0.2) is 60.3 Å². The van der Waals surface area contributed by atoms with Crippen LogP contribution in [0.25, 0.3) is 0 Å². The molecule has 182 valence electrons. The summed E-state index contributed by atoms with van der Waals surface area (Å²) in [6, 6.07) is 0. The van der Waals surface area contributed by atoms with Gasteiger partial charge < -0.3 is 24.4 Å². The van der Waals surface area contributed by atoms with Crippen LogP contribution in [0.5, 0.6) is 0 Å². The number of hydrogen-bond donors (Lipinski definition) is 2. The van der Waals surface area contributed by atoms with Crippen molar-refractivity contribution < 1.29 is 34.0 Å². The normalized spacial score (nSPS) is 32.1. The molecule has 1 saturated heterocycles. The average Bonchev–Trinajstić information content (AvgIpc) is 3.44. The molecule has 0 bridgehead atoms. The fourth-order valence-corrected chi connectivity index (χ4v) is 4.55. The second kappa shape index (κ2) is 12.7. The van der Waals surface area contributed by atoms with Gasteiger partial charge in [0.2, 0.25) is 0 Å². The lowest BCUT2D eigenvalue weighted by Gasteiger charge is -2.43. The number of rotatable bonds is 11. The van der Waals surface area contributed by atoms with Gasteiger partial charge in [0.05, 0.1) is 11.7 Å². The highest BCUT2D eigenvalue weighted by molar-refractivity contribution is 5.82. The third-order valence-corrected chi connectivity index (χ3v) is 6.23. The van der Waals surface area contributed by atoms with Gasteiger partial charge in [-0.2, -0.15) is 0 Å². The van der Waals surface area contributed by atoms with Crippen molar-refractivity contribution in [1.29, 1.82) is 0 Å². The van der Waals surface area contributed by atoms with E-state index in [9.17, 15) is 14.7 Å². The molecule has 0 aromatic rings. The molecule has 7 heteroatoms. The molecule has 1 aliphatic carbocycles. The number of carbonyl (C=O) groups excluding carboxylic acids is 1. The Kier molecular flexibility index (Phi) is 10.3. The third-order valence-electron chi connectivity index (χ3n) is 6.23. The zero-order valence-corrected chi connectivity index (χ0v) is 19.8. The lowest BCUT2D eigenvalue weighted by molar-refractivity contribution is -0.166. The van der Waals surface area contributed by atoms with Gasteiger partial charge in [0.1, 0.15) is 12.2 Å². The van der Waals surface area contributed by atoms with Gasteiger partial charge in [-0.15, -0.1) is 0 Å². The van der Waals surface area contributed by atoms with Crippen molar-refractivity contribution in [3.05, 3.63) is 60.3 Å². The van der Waals surface area contributed by atoms with E-state index >= 15 is 0 Å². The number of allylic oxidation sites excluding steroid dienone is 7. The quantitative estimate of drug-likeness (QED) is 0.159. The van der Waals surface area contributed by atoms with Gasteiger partial charge in [0, 0.05) is 31.8 Å². The summed E-state index contributed by atoms with van der Waals surface area (Å²) in [7, 11) is 1.61. The van der Waals surface area contributed by atoms with Crippen LogP contribution in [0.3, 0.4) is 0 Å². The lowest BCUT2D eigenvalue weighted by atomic mass is 9.68. The fraction of sp³-hybridized carbons (Fsp3) is 0.538. The predicted octanol–water partition coefficient (Wildman–Crippen LogP) is 3.75. The first-order chi connectivity index (χ1) is 15.7. The summed E-state index contributed by atoms with van der Waals surface area (Å²) in [4.78, 5) is 22.7. The summed E-state index contributed by atoms with van der Waals surface area (Å²) in [5.74, 6) is -1.54. The first kappa shape index (κ1) is 26.8. The van der Waals surface area contributed by atoms with Gasteiger partial charge in [-0.1, -0.05) is 48.1 Å². The number of aliphatic hydroxyl groups excluding tert-OH is 1. The molecule has 2 aliphatic rings. The highest BCUT2D eigenvalue weighted by Gasteiger charge is 2.63. The molecule has 1 saturated carbocycles. The maximum atomic E-state index is 12.4. The third kappa shape index (κ3) is 7.81. The van der Waals surface area contributed by atoms with Crippen molar-refractivity contribution in [1.82, 2.24) is 0 Å². The molecule has 0 radical (unpaired) electrons. The summed E-state index contributed by atoms with van der Waals surface area (Å²) in [6.07, 6.45) is 15.5. The van der Waals surface area contributed by atoms with Crippen LogP contribution in [0.2, 0.25) is 0 Å². The minimum Gasteiger partial charge on any atom is -0.478 e. The Labute approximate surface area is 196 Å². The van der Waals surface area contributed by atoms with Gasteiger partial charge in [0.15, 0.2) is 0 Å². The monoisotopic (exact) mass is 460 g/mol. The van der Waals surface area contributed by atoms with Crippen molar-refractivity contribution in [3.63, 3.8) is 0 Å². The van der Waals surface area contributed by atoms with Gasteiger partial charge >= 0.3 is 11.9 Å². The number of epoxide rings is 1. The Hall–Kier alpha value is -2.48. The van der Waals surface area contributed by atoms with Gasteiger partial charge in [-0.3, -0.25) is 0 Å². The number of hydrogen-bond acceptors (Lipinski definition) is 6. The standard InChI is InChI=1S/C26H36O7/c1-18(2)13-16-21-26(3,33-21)24-19(17-27)14-15-20(25(24)31-4)32-23(30)12-10-8-6-5-7-9-11-22(28)29/h5-13,19-21,24-25,27H,14-17H2,1-4H3,(H,28,29)/b7-5+,8-6+,11-9+,12-10+/t19-,20-,21-,24-,25-,26+/m1/s1. The topological polar surface area (TPSA) is 106 Å². The van der Waals surface area contributed by atoms with Crippen LogP contribution >= 0.6 is 0 Å². The summed E-state index contributed by atoms with van der Waals surface area (Å²) < 4.78 is 17.6. The largest absolute Gasteiger partial charge is 0.478 e. The predicted molar refractivity (Wildman–Crippen MR) is 125 cm³/mol. The van der Waals surface area contributed by atoms with Crippen LogP contribution in [0.4, 0.5) is 0 Å². The highest BCUT2D eigenvalue weighted by Crippen LogP contribution is 2.53. The summed E-state index contributed by atoms with van der Waals surface area (Å²) in [5.41, 5.74) is 0.809. The SMILES string of the molecule is CO[C@H]1[C@H]([C@@]2(C)O[C@@H]2CC=C(C)C)[C@@H](CO)CC[C@H]1OC(=O)/C=C/C=C/C=C/C=C/C(=O)O. The number of aliphatic hydroxyl groups is 1. The number of carboxylic acids is 1. The highest BCUT2D eigenvalue weighted by atomic mass is 16.6. The second-order valence-electron chi connectivity index (χ2n) is 8.86. The van der Waals surface area contributed by atoms with Gasteiger partial charge in [-0.25, -0.2) is 9.59 Å². The lowest BCUT2D eigenvalue weighted by Crippen LogP contribution is -2.52. The van der Waals surface area contributed by atoms with Crippen LogP contribution in [0.1, 0.15) is 40.0 Å². The number of ether oxygens (including phenoxy) is 3. The molecule has 7 nitrogen and oxygen atoms in total. The molecule has 1 aliphatic heterocycles. The van der Waals surface area contributed by atoms with Crippen LogP contribution < -0.4 is 0 Å². The van der Waals surface area contributed by atoms with Crippen molar-refractivity contribution in [2.24, 2.45) is 11.8 Å². The van der Waals surface area contributed by atoms with Crippen molar-refractivity contribution in [2.45, 2.75) is 63.9 Å². The number of methoxy groups -OCH3 is 1. The van der Waals surface area contributed by atoms with Crippen LogP contribution in [-0.2, 0) is 23.8 Å². The number of carboxylic acid groups (broad SMARTS) is 1. The van der Waals surface area contributed by atoms with E-state index in [0.29, 0.717) is 6.42 Å². The molecule has 2 N–H and O–H groups in total. The number of esters is 1. The molecule has 2 fully saturated rings. The molecule has 33 heavy (non-hydrogen) atoms. The molecule has 1 heterocycles. The molecular weight excluding hydrogens is 424 g/mol. The second-order valence-corrected chi connectivity index (χ2v) is 8.86. The Morgan fingerprint density at radius 2 is 1.70 bits per heavy atom. The van der Waals surface area contributed by atoms with E-state index < -0.39 is 23.6 Å². The Balaban J connectivity index is 1.99. The van der Waals surface area contributed by atoms with Crippen molar-refractivity contribution in [2.75, 3.05) is 13.7 Å². The average molecular weight is 461 g/mol. The molecule has 0 amide bonds. The minimum atomic E-state index is -1.01. The van der Waals surface area contributed by atoms with E-state index in [1.54, 1.807) is 37.5 Å². The molecule has 0 aromatic heterocycles. The first-order valence-electron chi connectivity index (χ1n) is 11.3. The fourth-order valence-electron chi connectivity index (χ4n) is 4.55. The van der Waals surface area contributed by atoms with E-state index in [4.69, 9.17) is 19.3 Å². The van der Waals surface area contributed by atoms with Crippen LogP contribution in [0, 0.1) is 11.8 Å². The zero-order chi connectivity index (χ0) is 24.4. The Morgan fingerprint density at radius 1 is 1.06 bits per heavy atom. The van der Waals surface area contributed by atoms with E-state index in [1.807, 2.05) is 0 Å². The summed E-state index contributed by atoms with van der Waals surface area (Å²) in [6.45, 7) is 6.21. The Bertz CT molecular complexity index is 818. The first-order valence-corrected chi connectivity index (χ1v) is 11.3. The smallest absolute Gasteiger partial charge is 0.331 e. The zero-order valence-electron chi connectivity index (χ0n) is 19.8. The van der Waals surface area contributed by atoms with Crippen LogP contribution in [-0.4, -0.2) is 59.8 Å². The van der Waals surface area contributed by atoms with Gasteiger partial charge in [-0.05, 0) is 46.0 Å². The summed E-state index contributed by atoms with van der Waals surface area (Å²) in [5, 5.41) is 18.5. The van der Waals surface area contributed by atoms with E-state index in [1.165, 1.54) is 17.7 Å². The summed E-state index contributed by atoms with van der Waals surface area (Å²) >= 11 is 0. The molecule has 6 atom stereocenters. The maximum absolute atomic E-state index is 12.4. The van der Waals surface area contributed by atoms with Gasteiger partial charge in [0.25, 0.3) is 0 Å². The molecule has 0 spiro atoms.